The minimum atomic E-state index is -2.91. The predicted molar refractivity (Wildman–Crippen MR) is 56.9 cm³/mol. The number of carbonyl (C=O) groups excluding carboxylic acids is 1. The van der Waals surface area contributed by atoms with Crippen LogP contribution >= 0.6 is 0 Å². The van der Waals surface area contributed by atoms with E-state index in [9.17, 15) is 13.6 Å². The molecule has 4 heteroatoms. The molecule has 16 heavy (non-hydrogen) atoms. The lowest BCUT2D eigenvalue weighted by Crippen LogP contribution is -2.13. The third kappa shape index (κ3) is 3.02. The first-order valence-corrected chi connectivity index (χ1v) is 5.14. The Bertz CT molecular complexity index is 364. The molecule has 0 heterocycles. The summed E-state index contributed by atoms with van der Waals surface area (Å²) in [5.41, 5.74) is 0.220. The summed E-state index contributed by atoms with van der Waals surface area (Å²) in [7, 11) is 0. The van der Waals surface area contributed by atoms with Crippen LogP contribution in [-0.2, 0) is 0 Å². The fourth-order valence-corrected chi connectivity index (χ4v) is 1.32. The van der Waals surface area contributed by atoms with Crippen LogP contribution in [0.1, 0.15) is 30.6 Å². The smallest absolute Gasteiger partial charge is 0.387 e. The molecule has 0 aromatic heterocycles. The zero-order valence-corrected chi connectivity index (χ0v) is 9.24. The standard InChI is InChI=1S/C12H14F2O2/c1-3-8(2)11(15)9-6-4-5-7-10(9)16-12(13)14/h4-8,12H,3H2,1-2H3. The maximum Gasteiger partial charge on any atom is 0.387 e. The third-order valence-electron chi connectivity index (χ3n) is 2.43. The molecule has 1 unspecified atom stereocenters. The Labute approximate surface area is 93.2 Å². The summed E-state index contributed by atoms with van der Waals surface area (Å²) in [6.45, 7) is 0.728. The van der Waals surface area contributed by atoms with Crippen molar-refractivity contribution in [2.24, 2.45) is 5.92 Å². The number of Topliss-reactive ketones (excluding diaryl/α,β-unsaturated/α-hetero) is 1. The number of hydrogen-bond donors (Lipinski definition) is 0. The molecule has 2 nitrogen and oxygen atoms in total. The van der Waals surface area contributed by atoms with E-state index in [1.807, 2.05) is 6.92 Å². The van der Waals surface area contributed by atoms with E-state index in [-0.39, 0.29) is 23.0 Å². The van der Waals surface area contributed by atoms with Gasteiger partial charge in [0, 0.05) is 5.92 Å². The molecule has 0 saturated heterocycles. The first kappa shape index (κ1) is 12.6. The van der Waals surface area contributed by atoms with E-state index >= 15 is 0 Å². The number of ketones is 1. The second-order valence-corrected chi connectivity index (χ2v) is 3.55. The van der Waals surface area contributed by atoms with Crippen molar-refractivity contribution in [3.8, 4) is 5.75 Å². The quantitative estimate of drug-likeness (QED) is 0.721. The minimum absolute atomic E-state index is 0.0530. The number of carbonyl (C=O) groups is 1. The van der Waals surface area contributed by atoms with Gasteiger partial charge in [-0.15, -0.1) is 0 Å². The van der Waals surface area contributed by atoms with E-state index < -0.39 is 6.61 Å². The second-order valence-electron chi connectivity index (χ2n) is 3.55. The molecular formula is C12H14F2O2. The molecule has 0 radical (unpaired) electrons. The van der Waals surface area contributed by atoms with Crippen molar-refractivity contribution in [1.82, 2.24) is 0 Å². The Balaban J connectivity index is 2.98. The normalized spacial score (nSPS) is 12.6. The first-order valence-electron chi connectivity index (χ1n) is 5.14. The fraction of sp³-hybridized carbons (Fsp3) is 0.417. The van der Waals surface area contributed by atoms with Crippen molar-refractivity contribution >= 4 is 5.78 Å². The number of rotatable bonds is 5. The van der Waals surface area contributed by atoms with Gasteiger partial charge in [0.15, 0.2) is 5.78 Å². The molecule has 1 aromatic rings. The van der Waals surface area contributed by atoms with Crippen LogP contribution in [0, 0.1) is 5.92 Å². The topological polar surface area (TPSA) is 26.3 Å². The van der Waals surface area contributed by atoms with Gasteiger partial charge in [0.1, 0.15) is 5.75 Å². The molecule has 0 bridgehead atoms. The van der Waals surface area contributed by atoms with Gasteiger partial charge in [0.2, 0.25) is 0 Å². The molecule has 0 fully saturated rings. The van der Waals surface area contributed by atoms with E-state index in [2.05, 4.69) is 4.74 Å². The number of hydrogen-bond acceptors (Lipinski definition) is 2. The third-order valence-corrected chi connectivity index (χ3v) is 2.43. The number of para-hydroxylation sites is 1. The molecule has 1 rings (SSSR count). The average molecular weight is 228 g/mol. The van der Waals surface area contributed by atoms with Gasteiger partial charge in [-0.25, -0.2) is 0 Å². The van der Waals surface area contributed by atoms with Gasteiger partial charge >= 0.3 is 6.61 Å². The number of ether oxygens (including phenoxy) is 1. The lowest BCUT2D eigenvalue weighted by atomic mass is 9.96. The fourth-order valence-electron chi connectivity index (χ4n) is 1.32. The van der Waals surface area contributed by atoms with Gasteiger partial charge in [-0.1, -0.05) is 26.0 Å². The van der Waals surface area contributed by atoms with Crippen molar-refractivity contribution in [3.05, 3.63) is 29.8 Å². The van der Waals surface area contributed by atoms with Gasteiger partial charge in [0.25, 0.3) is 0 Å². The molecule has 1 aromatic carbocycles. The Morgan fingerprint density at radius 1 is 1.38 bits per heavy atom. The molecule has 0 aliphatic carbocycles. The van der Waals surface area contributed by atoms with Gasteiger partial charge in [-0.2, -0.15) is 8.78 Å². The first-order chi connectivity index (χ1) is 7.56. The van der Waals surface area contributed by atoms with Crippen LogP contribution in [0.3, 0.4) is 0 Å². The molecule has 88 valence electrons. The number of halogens is 2. The SMILES string of the molecule is CCC(C)C(=O)c1ccccc1OC(F)F. The van der Waals surface area contributed by atoms with Crippen molar-refractivity contribution < 1.29 is 18.3 Å². The Hall–Kier alpha value is -1.45. The van der Waals surface area contributed by atoms with Crippen LogP contribution in [0.25, 0.3) is 0 Å². The highest BCUT2D eigenvalue weighted by Crippen LogP contribution is 2.23. The summed E-state index contributed by atoms with van der Waals surface area (Å²) < 4.78 is 28.5. The molecule has 0 saturated carbocycles. The summed E-state index contributed by atoms with van der Waals surface area (Å²) in [6.07, 6.45) is 0.668. The summed E-state index contributed by atoms with van der Waals surface area (Å²) in [5.74, 6) is -0.413. The number of alkyl halides is 2. The molecule has 0 aliphatic heterocycles. The summed E-state index contributed by atoms with van der Waals surface area (Å²) in [4.78, 5) is 11.9. The Morgan fingerprint density at radius 3 is 2.56 bits per heavy atom. The Kier molecular flexibility index (Phi) is 4.40. The Morgan fingerprint density at radius 2 is 2.00 bits per heavy atom. The minimum Gasteiger partial charge on any atom is -0.434 e. The van der Waals surface area contributed by atoms with Gasteiger partial charge in [-0.3, -0.25) is 4.79 Å². The zero-order chi connectivity index (χ0) is 12.1. The van der Waals surface area contributed by atoms with E-state index in [1.165, 1.54) is 12.1 Å². The second kappa shape index (κ2) is 5.58. The lowest BCUT2D eigenvalue weighted by molar-refractivity contribution is -0.0501. The van der Waals surface area contributed by atoms with E-state index in [1.54, 1.807) is 19.1 Å². The summed E-state index contributed by atoms with van der Waals surface area (Å²) >= 11 is 0. The molecule has 0 amide bonds. The molecule has 0 spiro atoms. The van der Waals surface area contributed by atoms with Crippen molar-refractivity contribution in [2.75, 3.05) is 0 Å². The summed E-state index contributed by atoms with van der Waals surface area (Å²) in [5, 5.41) is 0. The van der Waals surface area contributed by atoms with E-state index in [0.29, 0.717) is 6.42 Å². The van der Waals surface area contributed by atoms with Crippen molar-refractivity contribution in [1.29, 1.82) is 0 Å². The highest BCUT2D eigenvalue weighted by molar-refractivity contribution is 6.00. The van der Waals surface area contributed by atoms with Gasteiger partial charge in [0.05, 0.1) is 5.56 Å². The van der Waals surface area contributed by atoms with Crippen LogP contribution in [0.15, 0.2) is 24.3 Å². The molecule has 0 N–H and O–H groups in total. The van der Waals surface area contributed by atoms with Gasteiger partial charge < -0.3 is 4.74 Å². The van der Waals surface area contributed by atoms with E-state index in [4.69, 9.17) is 0 Å². The molecule has 0 aliphatic rings. The monoisotopic (exact) mass is 228 g/mol. The van der Waals surface area contributed by atoms with Gasteiger partial charge in [-0.05, 0) is 18.6 Å². The lowest BCUT2D eigenvalue weighted by Gasteiger charge is -2.12. The van der Waals surface area contributed by atoms with Crippen LogP contribution in [-0.4, -0.2) is 12.4 Å². The maximum absolute atomic E-state index is 12.1. The van der Waals surface area contributed by atoms with Crippen molar-refractivity contribution in [3.63, 3.8) is 0 Å². The molecule has 1 atom stereocenters. The molecular weight excluding hydrogens is 214 g/mol. The predicted octanol–water partition coefficient (Wildman–Crippen LogP) is 3.52. The van der Waals surface area contributed by atoms with Crippen LogP contribution in [0.4, 0.5) is 8.78 Å². The van der Waals surface area contributed by atoms with Crippen LogP contribution in [0.2, 0.25) is 0 Å². The van der Waals surface area contributed by atoms with Crippen molar-refractivity contribution in [2.45, 2.75) is 26.9 Å². The largest absolute Gasteiger partial charge is 0.434 e. The van der Waals surface area contributed by atoms with E-state index in [0.717, 1.165) is 0 Å². The highest BCUT2D eigenvalue weighted by atomic mass is 19.3. The van der Waals surface area contributed by atoms with Crippen LogP contribution in [0.5, 0.6) is 5.75 Å². The van der Waals surface area contributed by atoms with Crippen LogP contribution < -0.4 is 4.74 Å². The zero-order valence-electron chi connectivity index (χ0n) is 9.24. The average Bonchev–Trinajstić information content (AvgIpc) is 2.27. The highest BCUT2D eigenvalue weighted by Gasteiger charge is 2.19. The maximum atomic E-state index is 12.1. The summed E-state index contributed by atoms with van der Waals surface area (Å²) in [6, 6.07) is 6.08. The number of benzene rings is 1.